The van der Waals surface area contributed by atoms with Crippen LogP contribution in [0.1, 0.15) is 12.6 Å². The normalized spacial score (nSPS) is 9.44. The van der Waals surface area contributed by atoms with E-state index in [1.54, 1.807) is 6.20 Å². The van der Waals surface area contributed by atoms with Crippen molar-refractivity contribution in [2.24, 2.45) is 0 Å². The van der Waals surface area contributed by atoms with Crippen molar-refractivity contribution < 1.29 is 0 Å². The maximum absolute atomic E-state index is 5.42. The minimum atomic E-state index is 0.729. The molecule has 0 aliphatic heterocycles. The van der Waals surface area contributed by atoms with Crippen molar-refractivity contribution in [3.63, 3.8) is 0 Å². The van der Waals surface area contributed by atoms with Crippen molar-refractivity contribution in [1.29, 1.82) is 0 Å². The van der Waals surface area contributed by atoms with E-state index < -0.39 is 0 Å². The van der Waals surface area contributed by atoms with E-state index in [9.17, 15) is 0 Å². The molecule has 0 atom stereocenters. The largest absolute Gasteiger partial charge is 0.262 e. The highest BCUT2D eigenvalue weighted by molar-refractivity contribution is 6.31. The molecule has 1 aromatic rings. The van der Waals surface area contributed by atoms with E-state index >= 15 is 0 Å². The Balaban J connectivity index is 2.88. The van der Waals surface area contributed by atoms with E-state index in [-0.39, 0.29) is 0 Å². The summed E-state index contributed by atoms with van der Waals surface area (Å²) in [7, 11) is 5.42. The summed E-state index contributed by atoms with van der Waals surface area (Å²) in [4.78, 5) is 4.07. The Hall–Kier alpha value is -0.785. The summed E-state index contributed by atoms with van der Waals surface area (Å²) < 4.78 is 0. The van der Waals surface area contributed by atoms with Crippen molar-refractivity contribution in [3.05, 3.63) is 24.0 Å². The SMILES string of the molecule is [B]c1ccc(CC)nc1. The molecule has 0 unspecified atom stereocenters. The van der Waals surface area contributed by atoms with Crippen molar-refractivity contribution in [2.45, 2.75) is 13.3 Å². The van der Waals surface area contributed by atoms with Gasteiger partial charge in [-0.3, -0.25) is 4.98 Å². The summed E-state index contributed by atoms with van der Waals surface area (Å²) in [6.07, 6.45) is 2.65. The lowest BCUT2D eigenvalue weighted by atomic mass is 9.99. The standard InChI is InChI=1S/C7H8BN/c1-2-7-4-3-6(8)5-9-7/h3-5H,2H2,1H3. The molecule has 0 aromatic carbocycles. The van der Waals surface area contributed by atoms with Crippen LogP contribution in [0.15, 0.2) is 18.3 Å². The highest BCUT2D eigenvalue weighted by Gasteiger charge is 1.86. The van der Waals surface area contributed by atoms with Crippen LogP contribution >= 0.6 is 0 Å². The van der Waals surface area contributed by atoms with Gasteiger partial charge in [-0.15, -0.1) is 0 Å². The number of hydrogen-bond donors (Lipinski definition) is 0. The lowest BCUT2D eigenvalue weighted by Crippen LogP contribution is -2.02. The fourth-order valence-electron chi connectivity index (χ4n) is 0.645. The molecule has 1 rings (SSSR count). The van der Waals surface area contributed by atoms with Crippen molar-refractivity contribution in [3.8, 4) is 0 Å². The summed E-state index contributed by atoms with van der Waals surface area (Å²) in [6, 6.07) is 3.81. The monoisotopic (exact) mass is 117 g/mol. The smallest absolute Gasteiger partial charge is 0.115 e. The van der Waals surface area contributed by atoms with Crippen molar-refractivity contribution in [1.82, 2.24) is 4.98 Å². The number of aryl methyl sites for hydroxylation is 1. The number of hydrogen-bond acceptors (Lipinski definition) is 1. The Bertz CT molecular complexity index is 181. The fourth-order valence-corrected chi connectivity index (χ4v) is 0.645. The average molecular weight is 117 g/mol. The van der Waals surface area contributed by atoms with E-state index in [4.69, 9.17) is 7.85 Å². The highest BCUT2D eigenvalue weighted by Crippen LogP contribution is 1.89. The predicted molar refractivity (Wildman–Crippen MR) is 39.0 cm³/mol. The minimum Gasteiger partial charge on any atom is -0.262 e. The molecule has 0 N–H and O–H groups in total. The van der Waals surface area contributed by atoms with Crippen LogP contribution in [-0.4, -0.2) is 12.8 Å². The molecule has 9 heavy (non-hydrogen) atoms. The topological polar surface area (TPSA) is 12.9 Å². The van der Waals surface area contributed by atoms with E-state index in [0.29, 0.717) is 0 Å². The van der Waals surface area contributed by atoms with E-state index in [2.05, 4.69) is 11.9 Å². The Morgan fingerprint density at radius 1 is 1.56 bits per heavy atom. The lowest BCUT2D eigenvalue weighted by molar-refractivity contribution is 1.04. The molecule has 0 saturated heterocycles. The van der Waals surface area contributed by atoms with Crippen molar-refractivity contribution >= 4 is 13.3 Å². The molecule has 0 spiro atoms. The van der Waals surface area contributed by atoms with Crippen LogP contribution in [0.5, 0.6) is 0 Å². The van der Waals surface area contributed by atoms with Gasteiger partial charge < -0.3 is 0 Å². The maximum atomic E-state index is 5.42. The van der Waals surface area contributed by atoms with Crippen LogP contribution in [0.3, 0.4) is 0 Å². The Morgan fingerprint density at radius 2 is 2.33 bits per heavy atom. The van der Waals surface area contributed by atoms with Gasteiger partial charge in [-0.2, -0.15) is 0 Å². The Morgan fingerprint density at radius 3 is 2.78 bits per heavy atom. The molecular formula is C7H8BN. The van der Waals surface area contributed by atoms with Gasteiger partial charge in [0.1, 0.15) is 7.85 Å². The van der Waals surface area contributed by atoms with Crippen LogP contribution in [0.2, 0.25) is 0 Å². The van der Waals surface area contributed by atoms with Gasteiger partial charge in [0.05, 0.1) is 0 Å². The first-order valence-corrected chi connectivity index (χ1v) is 3.03. The third kappa shape index (κ3) is 1.56. The Kier molecular flexibility index (Phi) is 1.88. The average Bonchev–Trinajstić information content (AvgIpc) is 1.90. The summed E-state index contributed by atoms with van der Waals surface area (Å²) in [5, 5.41) is 0. The van der Waals surface area contributed by atoms with Crippen LogP contribution in [0.4, 0.5) is 0 Å². The molecule has 0 amide bonds. The molecule has 1 nitrogen and oxygen atoms in total. The van der Waals surface area contributed by atoms with Crippen LogP contribution in [-0.2, 0) is 6.42 Å². The van der Waals surface area contributed by atoms with Gasteiger partial charge in [0.2, 0.25) is 0 Å². The number of nitrogens with zero attached hydrogens (tertiary/aromatic N) is 1. The molecule has 2 radical (unpaired) electrons. The van der Waals surface area contributed by atoms with E-state index in [1.807, 2.05) is 12.1 Å². The molecule has 0 bridgehead atoms. The molecule has 0 saturated carbocycles. The Labute approximate surface area is 56.5 Å². The molecule has 1 aromatic heterocycles. The summed E-state index contributed by atoms with van der Waals surface area (Å²) in [6.45, 7) is 2.07. The lowest BCUT2D eigenvalue weighted by Gasteiger charge is -1.93. The second-order valence-corrected chi connectivity index (χ2v) is 1.94. The number of pyridine rings is 1. The zero-order chi connectivity index (χ0) is 6.69. The second-order valence-electron chi connectivity index (χ2n) is 1.94. The second kappa shape index (κ2) is 2.67. The van der Waals surface area contributed by atoms with Gasteiger partial charge in [0.15, 0.2) is 0 Å². The van der Waals surface area contributed by atoms with E-state index in [0.717, 1.165) is 17.6 Å². The van der Waals surface area contributed by atoms with Crippen molar-refractivity contribution in [2.75, 3.05) is 0 Å². The van der Waals surface area contributed by atoms with Crippen LogP contribution in [0.25, 0.3) is 0 Å². The zero-order valence-corrected chi connectivity index (χ0v) is 5.46. The molecule has 0 aliphatic rings. The third-order valence-electron chi connectivity index (χ3n) is 1.21. The summed E-state index contributed by atoms with van der Waals surface area (Å²) in [5.74, 6) is 0. The highest BCUT2D eigenvalue weighted by atomic mass is 14.7. The molecule has 1 heterocycles. The molecule has 0 aliphatic carbocycles. The predicted octanol–water partition coefficient (Wildman–Crippen LogP) is 0.438. The summed E-state index contributed by atoms with van der Waals surface area (Å²) >= 11 is 0. The summed E-state index contributed by atoms with van der Waals surface area (Å²) in [5.41, 5.74) is 1.82. The maximum Gasteiger partial charge on any atom is 0.115 e. The minimum absolute atomic E-state index is 0.729. The third-order valence-corrected chi connectivity index (χ3v) is 1.21. The molecule has 44 valence electrons. The quantitative estimate of drug-likeness (QED) is 0.486. The van der Waals surface area contributed by atoms with Crippen LogP contribution < -0.4 is 5.46 Å². The number of aromatic nitrogens is 1. The zero-order valence-electron chi connectivity index (χ0n) is 5.46. The first kappa shape index (κ1) is 6.34. The molecule has 0 fully saturated rings. The first-order valence-electron chi connectivity index (χ1n) is 3.03. The van der Waals surface area contributed by atoms with E-state index in [1.165, 1.54) is 0 Å². The van der Waals surface area contributed by atoms with Gasteiger partial charge in [-0.25, -0.2) is 0 Å². The molecular weight excluding hydrogens is 109 g/mol. The van der Waals surface area contributed by atoms with Gasteiger partial charge in [0, 0.05) is 11.9 Å². The van der Waals surface area contributed by atoms with Gasteiger partial charge >= 0.3 is 0 Å². The van der Waals surface area contributed by atoms with Gasteiger partial charge in [-0.1, -0.05) is 18.5 Å². The number of rotatable bonds is 1. The van der Waals surface area contributed by atoms with Gasteiger partial charge in [-0.05, 0) is 12.5 Å². The van der Waals surface area contributed by atoms with Gasteiger partial charge in [0.25, 0.3) is 0 Å². The molecule has 2 heteroatoms. The first-order chi connectivity index (χ1) is 4.33. The fraction of sp³-hybridized carbons (Fsp3) is 0.286. The van der Waals surface area contributed by atoms with Crippen LogP contribution in [0, 0.1) is 0 Å².